The number of carbonyl (C=O) groups is 1. The minimum atomic E-state index is -0.331. The Morgan fingerprint density at radius 3 is 2.86 bits per heavy atom. The van der Waals surface area contributed by atoms with Gasteiger partial charge in [0.25, 0.3) is 0 Å². The highest BCUT2D eigenvalue weighted by molar-refractivity contribution is 5.92. The van der Waals surface area contributed by atoms with Gasteiger partial charge in [-0.1, -0.05) is 12.8 Å². The van der Waals surface area contributed by atoms with Crippen molar-refractivity contribution in [3.8, 4) is 0 Å². The summed E-state index contributed by atoms with van der Waals surface area (Å²) in [7, 11) is 0. The molecular weight excluding hydrogens is 268 g/mol. The van der Waals surface area contributed by atoms with E-state index in [-0.39, 0.29) is 5.97 Å². The third-order valence-corrected chi connectivity index (χ3v) is 3.64. The first kappa shape index (κ1) is 15.6. The molecule has 0 aromatic heterocycles. The van der Waals surface area contributed by atoms with Gasteiger partial charge >= 0.3 is 5.97 Å². The molecular formula is C16H24N2O3. The molecule has 0 spiro atoms. The first-order chi connectivity index (χ1) is 10.2. The number of anilines is 2. The van der Waals surface area contributed by atoms with Crippen molar-refractivity contribution in [2.45, 2.75) is 38.7 Å². The van der Waals surface area contributed by atoms with Crippen molar-refractivity contribution in [2.24, 2.45) is 0 Å². The van der Waals surface area contributed by atoms with Crippen molar-refractivity contribution in [3.63, 3.8) is 0 Å². The molecule has 1 fully saturated rings. The van der Waals surface area contributed by atoms with E-state index in [9.17, 15) is 4.79 Å². The maximum Gasteiger partial charge on any atom is 0.338 e. The number of hydrogen-bond donors (Lipinski definition) is 2. The Balaban J connectivity index is 1.83. The standard InChI is InChI=1S/C16H24N2O3/c1-2-20-16(19)12-7-8-14(17)15(11-12)18-9-10-21-13-5-3-4-6-13/h7-8,11,13,18H,2-6,9-10,17H2,1H3. The first-order valence-electron chi connectivity index (χ1n) is 7.63. The highest BCUT2D eigenvalue weighted by Gasteiger charge is 2.15. The lowest BCUT2D eigenvalue weighted by Gasteiger charge is -2.14. The predicted octanol–water partition coefficient (Wildman–Crippen LogP) is 2.82. The number of nitrogens with two attached hydrogens (primary N) is 1. The van der Waals surface area contributed by atoms with Gasteiger partial charge in [0.2, 0.25) is 0 Å². The number of nitrogens with one attached hydrogen (secondary N) is 1. The molecule has 0 bridgehead atoms. The first-order valence-corrected chi connectivity index (χ1v) is 7.63. The van der Waals surface area contributed by atoms with Crippen molar-refractivity contribution in [1.29, 1.82) is 0 Å². The van der Waals surface area contributed by atoms with E-state index < -0.39 is 0 Å². The normalized spacial score (nSPS) is 15.1. The summed E-state index contributed by atoms with van der Waals surface area (Å²) in [6.45, 7) is 3.47. The Hall–Kier alpha value is -1.75. The van der Waals surface area contributed by atoms with E-state index in [1.165, 1.54) is 25.7 Å². The number of nitrogen functional groups attached to an aromatic ring is 1. The second-order valence-electron chi connectivity index (χ2n) is 5.23. The van der Waals surface area contributed by atoms with Gasteiger partial charge in [-0.2, -0.15) is 0 Å². The van der Waals surface area contributed by atoms with E-state index in [1.807, 2.05) is 0 Å². The van der Waals surface area contributed by atoms with Crippen LogP contribution < -0.4 is 11.1 Å². The van der Waals surface area contributed by atoms with E-state index in [0.717, 1.165) is 5.69 Å². The Kier molecular flexibility index (Phi) is 5.87. The van der Waals surface area contributed by atoms with Crippen LogP contribution in [0.15, 0.2) is 18.2 Å². The SMILES string of the molecule is CCOC(=O)c1ccc(N)c(NCCOC2CCCC2)c1. The lowest BCUT2D eigenvalue weighted by molar-refractivity contribution is 0.0526. The Morgan fingerprint density at radius 1 is 1.38 bits per heavy atom. The summed E-state index contributed by atoms with van der Waals surface area (Å²) in [6, 6.07) is 5.11. The van der Waals surface area contributed by atoms with E-state index in [0.29, 0.717) is 37.1 Å². The van der Waals surface area contributed by atoms with Gasteiger partial charge in [-0.15, -0.1) is 0 Å². The van der Waals surface area contributed by atoms with Crippen LogP contribution in [0.25, 0.3) is 0 Å². The average Bonchev–Trinajstić information content (AvgIpc) is 2.98. The number of benzene rings is 1. The third kappa shape index (κ3) is 4.63. The molecule has 1 aromatic carbocycles. The van der Waals surface area contributed by atoms with E-state index >= 15 is 0 Å². The molecule has 1 aliphatic carbocycles. The van der Waals surface area contributed by atoms with E-state index in [4.69, 9.17) is 15.2 Å². The Labute approximate surface area is 125 Å². The summed E-state index contributed by atoms with van der Waals surface area (Å²) in [5, 5.41) is 3.22. The third-order valence-electron chi connectivity index (χ3n) is 3.64. The van der Waals surface area contributed by atoms with Crippen LogP contribution in [0.2, 0.25) is 0 Å². The zero-order chi connectivity index (χ0) is 15.1. The molecule has 1 aliphatic rings. The van der Waals surface area contributed by atoms with Gasteiger partial charge in [0.05, 0.1) is 36.3 Å². The Bertz CT molecular complexity index is 471. The van der Waals surface area contributed by atoms with Gasteiger partial charge in [0.1, 0.15) is 0 Å². The predicted molar refractivity (Wildman–Crippen MR) is 83.5 cm³/mol. The maximum absolute atomic E-state index is 11.7. The number of carbonyl (C=O) groups excluding carboxylic acids is 1. The van der Waals surface area contributed by atoms with Gasteiger partial charge in [-0.3, -0.25) is 0 Å². The molecule has 116 valence electrons. The molecule has 1 aromatic rings. The van der Waals surface area contributed by atoms with Crippen LogP contribution in [0.5, 0.6) is 0 Å². The molecule has 0 unspecified atom stereocenters. The summed E-state index contributed by atoms with van der Waals surface area (Å²) in [5.74, 6) is -0.331. The quantitative estimate of drug-likeness (QED) is 0.459. The molecule has 5 heteroatoms. The minimum Gasteiger partial charge on any atom is -0.462 e. The van der Waals surface area contributed by atoms with E-state index in [2.05, 4.69) is 5.32 Å². The van der Waals surface area contributed by atoms with Crippen molar-refractivity contribution in [1.82, 2.24) is 0 Å². The zero-order valence-corrected chi connectivity index (χ0v) is 12.6. The van der Waals surface area contributed by atoms with Gasteiger partial charge < -0.3 is 20.5 Å². The van der Waals surface area contributed by atoms with Gasteiger partial charge in [-0.05, 0) is 38.0 Å². The summed E-state index contributed by atoms with van der Waals surface area (Å²) < 4.78 is 10.8. The molecule has 5 nitrogen and oxygen atoms in total. The average molecular weight is 292 g/mol. The molecule has 0 radical (unpaired) electrons. The molecule has 2 rings (SSSR count). The number of esters is 1. The number of hydrogen-bond acceptors (Lipinski definition) is 5. The summed E-state index contributed by atoms with van der Waals surface area (Å²) >= 11 is 0. The molecule has 21 heavy (non-hydrogen) atoms. The molecule has 0 aliphatic heterocycles. The molecule has 3 N–H and O–H groups in total. The zero-order valence-electron chi connectivity index (χ0n) is 12.6. The van der Waals surface area contributed by atoms with Crippen LogP contribution in [-0.2, 0) is 9.47 Å². The molecule has 0 atom stereocenters. The monoisotopic (exact) mass is 292 g/mol. The van der Waals surface area contributed by atoms with Crippen LogP contribution in [0.4, 0.5) is 11.4 Å². The van der Waals surface area contributed by atoms with Crippen molar-refractivity contribution < 1.29 is 14.3 Å². The summed E-state index contributed by atoms with van der Waals surface area (Å²) in [6.07, 6.45) is 5.29. The van der Waals surface area contributed by atoms with Gasteiger partial charge in [0, 0.05) is 6.54 Å². The van der Waals surface area contributed by atoms with Crippen LogP contribution in [0.3, 0.4) is 0 Å². The summed E-state index contributed by atoms with van der Waals surface area (Å²) in [5.41, 5.74) is 7.78. The fourth-order valence-corrected chi connectivity index (χ4v) is 2.52. The Morgan fingerprint density at radius 2 is 2.14 bits per heavy atom. The van der Waals surface area contributed by atoms with Gasteiger partial charge in [-0.25, -0.2) is 4.79 Å². The highest BCUT2D eigenvalue weighted by Crippen LogP contribution is 2.22. The minimum absolute atomic E-state index is 0.331. The molecule has 1 saturated carbocycles. The van der Waals surface area contributed by atoms with Crippen LogP contribution in [-0.4, -0.2) is 31.8 Å². The second kappa shape index (κ2) is 7.88. The fourth-order valence-electron chi connectivity index (χ4n) is 2.52. The topological polar surface area (TPSA) is 73.6 Å². The van der Waals surface area contributed by atoms with Crippen molar-refractivity contribution in [2.75, 3.05) is 30.8 Å². The fraction of sp³-hybridized carbons (Fsp3) is 0.562. The molecule has 0 amide bonds. The summed E-state index contributed by atoms with van der Waals surface area (Å²) in [4.78, 5) is 11.7. The lowest BCUT2D eigenvalue weighted by Crippen LogP contribution is -2.16. The second-order valence-corrected chi connectivity index (χ2v) is 5.23. The van der Waals surface area contributed by atoms with Crippen LogP contribution in [0, 0.1) is 0 Å². The number of rotatable bonds is 7. The smallest absolute Gasteiger partial charge is 0.338 e. The largest absolute Gasteiger partial charge is 0.462 e. The number of ether oxygens (including phenoxy) is 2. The molecule has 0 saturated heterocycles. The highest BCUT2D eigenvalue weighted by atomic mass is 16.5. The van der Waals surface area contributed by atoms with Crippen molar-refractivity contribution >= 4 is 17.3 Å². The van der Waals surface area contributed by atoms with E-state index in [1.54, 1.807) is 25.1 Å². The van der Waals surface area contributed by atoms with Crippen LogP contribution >= 0.6 is 0 Å². The van der Waals surface area contributed by atoms with Gasteiger partial charge in [0.15, 0.2) is 0 Å². The van der Waals surface area contributed by atoms with Crippen molar-refractivity contribution in [3.05, 3.63) is 23.8 Å². The van der Waals surface area contributed by atoms with Crippen LogP contribution in [0.1, 0.15) is 43.0 Å². The maximum atomic E-state index is 11.7. The molecule has 0 heterocycles. The lowest BCUT2D eigenvalue weighted by atomic mass is 10.1.